The van der Waals surface area contributed by atoms with Gasteiger partial charge < -0.3 is 10.1 Å². The molecular formula is C22H22ClNO4S2. The van der Waals surface area contributed by atoms with Gasteiger partial charge in [-0.25, -0.2) is 13.2 Å². The summed E-state index contributed by atoms with van der Waals surface area (Å²) in [6.45, 7) is 1.92. The Morgan fingerprint density at radius 1 is 1.23 bits per heavy atom. The van der Waals surface area contributed by atoms with Crippen LogP contribution in [0.15, 0.2) is 58.0 Å². The highest BCUT2D eigenvalue weighted by Gasteiger charge is 2.43. The van der Waals surface area contributed by atoms with Crippen LogP contribution in [0.25, 0.3) is 5.70 Å². The second kappa shape index (κ2) is 8.57. The lowest BCUT2D eigenvalue weighted by Gasteiger charge is -2.32. The van der Waals surface area contributed by atoms with Crippen molar-refractivity contribution in [3.63, 3.8) is 0 Å². The van der Waals surface area contributed by atoms with E-state index in [2.05, 4.69) is 5.32 Å². The van der Waals surface area contributed by atoms with Crippen molar-refractivity contribution in [2.45, 2.75) is 32.1 Å². The predicted molar refractivity (Wildman–Crippen MR) is 120 cm³/mol. The summed E-state index contributed by atoms with van der Waals surface area (Å²) in [6, 6.07) is 10.9. The molecule has 1 aromatic carbocycles. The van der Waals surface area contributed by atoms with E-state index in [1.54, 1.807) is 31.2 Å². The van der Waals surface area contributed by atoms with Gasteiger partial charge in [0.15, 0.2) is 9.84 Å². The number of rotatable bonds is 4. The lowest BCUT2D eigenvalue weighted by molar-refractivity contribution is -0.138. The number of dihydropyridines is 1. The molecule has 0 saturated carbocycles. The SMILES string of the molecule is CCOC(=O)C1=C(c2cccs2)NC2=C(C1c1ccccc1Cl)S(=O)(=O)CCCC2. The molecule has 4 rings (SSSR count). The fourth-order valence-corrected chi connectivity index (χ4v) is 6.96. The smallest absolute Gasteiger partial charge is 0.337 e. The summed E-state index contributed by atoms with van der Waals surface area (Å²) in [5, 5.41) is 5.65. The van der Waals surface area contributed by atoms with Gasteiger partial charge in [-0.1, -0.05) is 35.9 Å². The normalized spacial score (nSPS) is 20.9. The summed E-state index contributed by atoms with van der Waals surface area (Å²) in [6.07, 6.45) is 1.93. The monoisotopic (exact) mass is 463 g/mol. The number of ether oxygens (including phenoxy) is 1. The fraction of sp³-hybridized carbons (Fsp3) is 0.318. The number of nitrogens with one attached hydrogen (secondary N) is 1. The predicted octanol–water partition coefficient (Wildman–Crippen LogP) is 4.87. The number of sulfone groups is 1. The molecule has 5 nitrogen and oxygen atoms in total. The highest BCUT2D eigenvalue weighted by molar-refractivity contribution is 7.95. The first kappa shape index (κ1) is 21.2. The minimum atomic E-state index is -3.59. The third-order valence-electron chi connectivity index (χ3n) is 5.30. The lowest BCUT2D eigenvalue weighted by atomic mass is 9.85. The Balaban J connectivity index is 2.04. The molecule has 3 heterocycles. The van der Waals surface area contributed by atoms with Gasteiger partial charge in [0.05, 0.1) is 39.3 Å². The number of thiophene rings is 1. The fourth-order valence-electron chi connectivity index (χ4n) is 4.04. The second-order valence-electron chi connectivity index (χ2n) is 7.18. The van der Waals surface area contributed by atoms with Gasteiger partial charge in [-0.05, 0) is 49.3 Å². The van der Waals surface area contributed by atoms with Crippen molar-refractivity contribution in [3.8, 4) is 0 Å². The van der Waals surface area contributed by atoms with Gasteiger partial charge >= 0.3 is 5.97 Å². The van der Waals surface area contributed by atoms with Crippen molar-refractivity contribution in [3.05, 3.63) is 73.4 Å². The molecule has 2 aliphatic heterocycles. The first-order valence-electron chi connectivity index (χ1n) is 9.86. The molecule has 2 aromatic rings. The molecule has 0 radical (unpaired) electrons. The molecule has 1 N–H and O–H groups in total. The molecule has 8 heteroatoms. The molecule has 1 unspecified atom stereocenters. The van der Waals surface area contributed by atoms with Gasteiger partial charge in [-0.3, -0.25) is 0 Å². The molecule has 0 aliphatic carbocycles. The molecule has 30 heavy (non-hydrogen) atoms. The van der Waals surface area contributed by atoms with Gasteiger partial charge in [0, 0.05) is 10.7 Å². The number of hydrogen-bond acceptors (Lipinski definition) is 6. The quantitative estimate of drug-likeness (QED) is 0.654. The zero-order valence-electron chi connectivity index (χ0n) is 16.5. The maximum atomic E-state index is 13.3. The topological polar surface area (TPSA) is 72.5 Å². The Bertz CT molecular complexity index is 1130. The van der Waals surface area contributed by atoms with Crippen molar-refractivity contribution in [2.75, 3.05) is 12.4 Å². The van der Waals surface area contributed by atoms with E-state index in [1.807, 2.05) is 17.5 Å². The van der Waals surface area contributed by atoms with Gasteiger partial charge in [0.25, 0.3) is 0 Å². The van der Waals surface area contributed by atoms with E-state index in [0.717, 1.165) is 11.3 Å². The minimum Gasteiger partial charge on any atom is -0.463 e. The number of esters is 1. The number of carbonyl (C=O) groups is 1. The van der Waals surface area contributed by atoms with E-state index in [1.165, 1.54) is 11.3 Å². The van der Waals surface area contributed by atoms with E-state index in [-0.39, 0.29) is 22.8 Å². The Kier molecular flexibility index (Phi) is 6.04. The van der Waals surface area contributed by atoms with Crippen LogP contribution < -0.4 is 5.32 Å². The van der Waals surface area contributed by atoms with E-state index < -0.39 is 21.7 Å². The van der Waals surface area contributed by atoms with E-state index >= 15 is 0 Å². The van der Waals surface area contributed by atoms with Crippen molar-refractivity contribution in [2.24, 2.45) is 0 Å². The van der Waals surface area contributed by atoms with Crippen LogP contribution in [0.2, 0.25) is 5.02 Å². The van der Waals surface area contributed by atoms with E-state index in [4.69, 9.17) is 16.3 Å². The van der Waals surface area contributed by atoms with Crippen LogP contribution in [0.3, 0.4) is 0 Å². The summed E-state index contributed by atoms with van der Waals surface area (Å²) >= 11 is 8.01. The Morgan fingerprint density at radius 3 is 2.73 bits per heavy atom. The number of allylic oxidation sites excluding steroid dienone is 2. The van der Waals surface area contributed by atoms with Gasteiger partial charge in [-0.2, -0.15) is 0 Å². The molecule has 158 valence electrons. The number of halogens is 1. The zero-order chi connectivity index (χ0) is 21.3. The van der Waals surface area contributed by atoms with Crippen molar-refractivity contribution in [1.82, 2.24) is 5.32 Å². The standard InChI is InChI=1S/C22H22ClNO4S2/c1-2-28-22(25)19-18(14-8-3-4-9-15(14)23)21-16(10-5-6-13-30(21,26)27)24-20(19)17-11-7-12-29-17/h3-4,7-9,11-12,18,24H,2,5-6,10,13H2,1H3. The van der Waals surface area contributed by atoms with Crippen molar-refractivity contribution in [1.29, 1.82) is 0 Å². The van der Waals surface area contributed by atoms with Crippen molar-refractivity contribution < 1.29 is 17.9 Å². The largest absolute Gasteiger partial charge is 0.463 e. The Morgan fingerprint density at radius 2 is 2.03 bits per heavy atom. The molecule has 0 fully saturated rings. The molecule has 1 atom stereocenters. The summed E-state index contributed by atoms with van der Waals surface area (Å²) in [5.41, 5.74) is 2.13. The summed E-state index contributed by atoms with van der Waals surface area (Å²) in [7, 11) is -3.59. The van der Waals surface area contributed by atoms with E-state index in [9.17, 15) is 13.2 Å². The molecule has 1 aromatic heterocycles. The summed E-state index contributed by atoms with van der Waals surface area (Å²) < 4.78 is 32.1. The summed E-state index contributed by atoms with van der Waals surface area (Å²) in [4.78, 5) is 14.3. The number of benzene rings is 1. The minimum absolute atomic E-state index is 0.0545. The molecular weight excluding hydrogens is 442 g/mol. The van der Waals surface area contributed by atoms with Crippen molar-refractivity contribution >= 4 is 44.4 Å². The highest BCUT2D eigenvalue weighted by Crippen LogP contribution is 2.47. The number of hydrogen-bond donors (Lipinski definition) is 1. The second-order valence-corrected chi connectivity index (χ2v) is 10.6. The van der Waals surface area contributed by atoms with Gasteiger partial charge in [0.1, 0.15) is 0 Å². The maximum Gasteiger partial charge on any atom is 0.337 e. The van der Waals surface area contributed by atoms with Crippen LogP contribution in [0, 0.1) is 0 Å². The van der Waals surface area contributed by atoms with Crippen LogP contribution in [0.5, 0.6) is 0 Å². The molecule has 0 bridgehead atoms. The Hall–Kier alpha value is -2.09. The van der Waals surface area contributed by atoms with Crippen LogP contribution in [-0.2, 0) is 19.4 Å². The highest BCUT2D eigenvalue weighted by atomic mass is 35.5. The number of carbonyl (C=O) groups excluding carboxylic acids is 1. The zero-order valence-corrected chi connectivity index (χ0v) is 18.9. The first-order chi connectivity index (χ1) is 14.4. The third-order valence-corrected chi connectivity index (χ3v) is 8.51. The van der Waals surface area contributed by atoms with Gasteiger partial charge in [0.2, 0.25) is 0 Å². The van der Waals surface area contributed by atoms with E-state index in [0.29, 0.717) is 34.8 Å². The Labute approximate surface area is 185 Å². The van der Waals surface area contributed by atoms with Crippen LogP contribution in [0.1, 0.15) is 42.5 Å². The lowest BCUT2D eigenvalue weighted by Crippen LogP contribution is -2.32. The average molecular weight is 464 g/mol. The first-order valence-corrected chi connectivity index (χ1v) is 12.8. The van der Waals surface area contributed by atoms with Gasteiger partial charge in [-0.15, -0.1) is 11.3 Å². The van der Waals surface area contributed by atoms with Crippen LogP contribution >= 0.6 is 22.9 Å². The average Bonchev–Trinajstić information content (AvgIpc) is 3.20. The maximum absolute atomic E-state index is 13.3. The molecule has 0 spiro atoms. The molecule has 0 amide bonds. The third kappa shape index (κ3) is 3.82. The molecule has 2 aliphatic rings. The van der Waals surface area contributed by atoms with Crippen LogP contribution in [-0.4, -0.2) is 26.7 Å². The van der Waals surface area contributed by atoms with Crippen LogP contribution in [0.4, 0.5) is 0 Å². The summed E-state index contributed by atoms with van der Waals surface area (Å²) in [5.74, 6) is -1.29. The molecule has 0 saturated heterocycles.